The second-order valence-electron chi connectivity index (χ2n) is 7.70. The van der Waals surface area contributed by atoms with Crippen LogP contribution in [0.2, 0.25) is 0 Å². The summed E-state index contributed by atoms with van der Waals surface area (Å²) in [6.45, 7) is 2.98. The van der Waals surface area contributed by atoms with Gasteiger partial charge in [-0.25, -0.2) is 0 Å². The van der Waals surface area contributed by atoms with Crippen molar-refractivity contribution < 1.29 is 15.3 Å². The molecule has 146 valence electrons. The van der Waals surface area contributed by atoms with Gasteiger partial charge in [0.2, 0.25) is 0 Å². The molecule has 2 aromatic rings. The summed E-state index contributed by atoms with van der Waals surface area (Å²) in [6.07, 6.45) is 0.255. The van der Waals surface area contributed by atoms with Gasteiger partial charge in [0, 0.05) is 31.2 Å². The fourth-order valence-electron chi connectivity index (χ4n) is 4.29. The van der Waals surface area contributed by atoms with E-state index in [4.69, 9.17) is 0 Å². The number of hydrogen-bond acceptors (Lipinski definition) is 4. The van der Waals surface area contributed by atoms with Crippen LogP contribution in [0, 0.1) is 5.92 Å². The molecule has 0 saturated heterocycles. The third-order valence-corrected chi connectivity index (χ3v) is 5.94. The van der Waals surface area contributed by atoms with Crippen LogP contribution >= 0.6 is 0 Å². The number of benzene rings is 2. The SMILES string of the molecule is C[C@@H](c1ccccc1)N(Cc1ccccc1)[C@H]1CC[C@@H](O)[C@H](O)C[C@@H]1CO. The Labute approximate surface area is 162 Å². The molecule has 1 fully saturated rings. The van der Waals surface area contributed by atoms with Crippen molar-refractivity contribution in [3.8, 4) is 0 Å². The van der Waals surface area contributed by atoms with Gasteiger partial charge in [0.25, 0.3) is 0 Å². The minimum absolute atomic E-state index is 0.0151. The first-order valence-corrected chi connectivity index (χ1v) is 9.91. The summed E-state index contributed by atoms with van der Waals surface area (Å²) in [7, 11) is 0. The van der Waals surface area contributed by atoms with E-state index in [9.17, 15) is 15.3 Å². The molecular weight excluding hydrogens is 338 g/mol. The lowest BCUT2D eigenvalue weighted by Gasteiger charge is -2.40. The van der Waals surface area contributed by atoms with Crippen molar-refractivity contribution in [2.45, 2.75) is 57.0 Å². The number of aliphatic hydroxyl groups excluding tert-OH is 3. The van der Waals surface area contributed by atoms with Crippen molar-refractivity contribution in [3.05, 3.63) is 71.8 Å². The van der Waals surface area contributed by atoms with E-state index in [1.165, 1.54) is 11.1 Å². The zero-order valence-corrected chi connectivity index (χ0v) is 16.0. The minimum atomic E-state index is -0.766. The lowest BCUT2D eigenvalue weighted by Crippen LogP contribution is -2.43. The summed E-state index contributed by atoms with van der Waals surface area (Å²) in [5.41, 5.74) is 2.46. The lowest BCUT2D eigenvalue weighted by atomic mass is 9.91. The normalized spacial score (nSPS) is 27.3. The molecule has 3 rings (SSSR count). The fraction of sp³-hybridized carbons (Fsp3) is 0.478. The Hall–Kier alpha value is -1.72. The first-order chi connectivity index (χ1) is 13.1. The molecule has 2 aromatic carbocycles. The van der Waals surface area contributed by atoms with Crippen LogP contribution in [-0.2, 0) is 6.54 Å². The Bertz CT molecular complexity index is 679. The van der Waals surface area contributed by atoms with Gasteiger partial charge in [0.05, 0.1) is 12.2 Å². The summed E-state index contributed by atoms with van der Waals surface area (Å²) in [5.74, 6) is -0.0629. The molecule has 1 aliphatic rings. The van der Waals surface area contributed by atoms with E-state index in [0.717, 1.165) is 13.0 Å². The van der Waals surface area contributed by atoms with Crippen LogP contribution in [0.3, 0.4) is 0 Å². The second-order valence-corrected chi connectivity index (χ2v) is 7.70. The van der Waals surface area contributed by atoms with Crippen molar-refractivity contribution >= 4 is 0 Å². The molecule has 0 aromatic heterocycles. The van der Waals surface area contributed by atoms with Gasteiger partial charge >= 0.3 is 0 Å². The first-order valence-electron chi connectivity index (χ1n) is 9.91. The van der Waals surface area contributed by atoms with E-state index >= 15 is 0 Å². The van der Waals surface area contributed by atoms with Gasteiger partial charge < -0.3 is 15.3 Å². The highest BCUT2D eigenvalue weighted by atomic mass is 16.3. The molecule has 4 nitrogen and oxygen atoms in total. The molecule has 0 heterocycles. The van der Waals surface area contributed by atoms with E-state index in [2.05, 4.69) is 48.2 Å². The van der Waals surface area contributed by atoms with E-state index in [1.54, 1.807) is 0 Å². The van der Waals surface area contributed by atoms with E-state index in [-0.39, 0.29) is 24.6 Å². The highest BCUT2D eigenvalue weighted by Gasteiger charge is 2.36. The topological polar surface area (TPSA) is 63.9 Å². The van der Waals surface area contributed by atoms with E-state index in [0.29, 0.717) is 12.8 Å². The quantitative estimate of drug-likeness (QED) is 0.685. The summed E-state index contributed by atoms with van der Waals surface area (Å²) in [6, 6.07) is 21.0. The Kier molecular flexibility index (Phi) is 7.02. The monoisotopic (exact) mass is 369 g/mol. The van der Waals surface area contributed by atoms with Crippen molar-refractivity contribution in [2.75, 3.05) is 6.61 Å². The third-order valence-electron chi connectivity index (χ3n) is 5.94. The van der Waals surface area contributed by atoms with E-state index in [1.807, 2.05) is 24.3 Å². The molecule has 4 heteroatoms. The van der Waals surface area contributed by atoms with E-state index < -0.39 is 12.2 Å². The molecule has 1 saturated carbocycles. The Morgan fingerprint density at radius 2 is 1.56 bits per heavy atom. The van der Waals surface area contributed by atoms with Gasteiger partial charge in [0.1, 0.15) is 0 Å². The molecule has 0 aliphatic heterocycles. The van der Waals surface area contributed by atoms with Gasteiger partial charge in [0.15, 0.2) is 0 Å². The Balaban J connectivity index is 1.92. The lowest BCUT2D eigenvalue weighted by molar-refractivity contribution is 0.00165. The fourth-order valence-corrected chi connectivity index (χ4v) is 4.29. The second kappa shape index (κ2) is 9.47. The average molecular weight is 370 g/mol. The maximum atomic E-state index is 10.2. The predicted octanol–water partition coefficient (Wildman–Crippen LogP) is 3.13. The molecule has 0 bridgehead atoms. The largest absolute Gasteiger partial charge is 0.396 e. The van der Waals surface area contributed by atoms with Crippen molar-refractivity contribution in [2.24, 2.45) is 5.92 Å². The van der Waals surface area contributed by atoms with Crippen LogP contribution in [-0.4, -0.2) is 45.1 Å². The molecule has 5 atom stereocenters. The smallest absolute Gasteiger partial charge is 0.0803 e. The summed E-state index contributed by atoms with van der Waals surface area (Å²) in [4.78, 5) is 2.43. The summed E-state index contributed by atoms with van der Waals surface area (Å²) in [5, 5.41) is 30.4. The molecule has 0 amide bonds. The first kappa shape index (κ1) is 20.0. The molecular formula is C23H31NO3. The van der Waals surface area contributed by atoms with Crippen LogP contribution in [0.25, 0.3) is 0 Å². The summed E-state index contributed by atoms with van der Waals surface area (Å²) >= 11 is 0. The molecule has 1 aliphatic carbocycles. The third kappa shape index (κ3) is 4.96. The number of rotatable bonds is 6. The number of aliphatic hydroxyl groups is 3. The number of hydrogen-bond donors (Lipinski definition) is 3. The van der Waals surface area contributed by atoms with Crippen LogP contribution in [0.5, 0.6) is 0 Å². The highest BCUT2D eigenvalue weighted by molar-refractivity contribution is 5.20. The van der Waals surface area contributed by atoms with Crippen LogP contribution in [0.1, 0.15) is 43.4 Å². The van der Waals surface area contributed by atoms with Crippen molar-refractivity contribution in [1.82, 2.24) is 4.90 Å². The molecule has 0 radical (unpaired) electrons. The van der Waals surface area contributed by atoms with Gasteiger partial charge in [-0.05, 0) is 37.3 Å². The molecule has 0 spiro atoms. The van der Waals surface area contributed by atoms with Crippen molar-refractivity contribution in [1.29, 1.82) is 0 Å². The van der Waals surface area contributed by atoms with Gasteiger partial charge in [-0.2, -0.15) is 0 Å². The minimum Gasteiger partial charge on any atom is -0.396 e. The Morgan fingerprint density at radius 1 is 0.926 bits per heavy atom. The highest BCUT2D eigenvalue weighted by Crippen LogP contribution is 2.34. The average Bonchev–Trinajstić information content (AvgIpc) is 2.86. The maximum absolute atomic E-state index is 10.2. The zero-order valence-electron chi connectivity index (χ0n) is 16.0. The maximum Gasteiger partial charge on any atom is 0.0803 e. The van der Waals surface area contributed by atoms with Crippen LogP contribution in [0.15, 0.2) is 60.7 Å². The van der Waals surface area contributed by atoms with Crippen LogP contribution in [0.4, 0.5) is 0 Å². The molecule has 3 N–H and O–H groups in total. The zero-order chi connectivity index (χ0) is 19.2. The standard InChI is InChI=1S/C23H31NO3/c1-17(19-10-6-3-7-11-19)24(15-18-8-4-2-5-9-18)21-12-13-22(26)23(27)14-20(21)16-25/h2-11,17,20-23,25-27H,12-16H2,1H3/t17-,20+,21-,22+,23+/m0/s1. The van der Waals surface area contributed by atoms with Crippen molar-refractivity contribution in [3.63, 3.8) is 0 Å². The summed E-state index contributed by atoms with van der Waals surface area (Å²) < 4.78 is 0. The number of nitrogens with zero attached hydrogens (tertiary/aromatic N) is 1. The predicted molar refractivity (Wildman–Crippen MR) is 107 cm³/mol. The van der Waals surface area contributed by atoms with Crippen LogP contribution < -0.4 is 0 Å². The molecule has 27 heavy (non-hydrogen) atoms. The Morgan fingerprint density at radius 3 is 2.19 bits per heavy atom. The molecule has 0 unspecified atom stereocenters. The van der Waals surface area contributed by atoms with Gasteiger partial charge in [-0.3, -0.25) is 4.90 Å². The van der Waals surface area contributed by atoms with Gasteiger partial charge in [-0.15, -0.1) is 0 Å². The van der Waals surface area contributed by atoms with Gasteiger partial charge in [-0.1, -0.05) is 60.7 Å².